The van der Waals surface area contributed by atoms with Gasteiger partial charge in [0.05, 0.1) is 5.56 Å². The summed E-state index contributed by atoms with van der Waals surface area (Å²) in [5.74, 6) is -1.95. The number of rotatable bonds is 2. The fourth-order valence-corrected chi connectivity index (χ4v) is 5.03. The summed E-state index contributed by atoms with van der Waals surface area (Å²) in [6.07, 6.45) is 8.69. The van der Waals surface area contributed by atoms with Crippen molar-refractivity contribution >= 4 is 0 Å². The van der Waals surface area contributed by atoms with Crippen LogP contribution >= 0.6 is 0 Å². The molecule has 4 rings (SSSR count). The summed E-state index contributed by atoms with van der Waals surface area (Å²) in [4.78, 5) is 0. The van der Waals surface area contributed by atoms with Crippen molar-refractivity contribution < 1.29 is 17.6 Å². The van der Waals surface area contributed by atoms with E-state index in [1.54, 1.807) is 0 Å². The minimum absolute atomic E-state index is 0.0933. The van der Waals surface area contributed by atoms with Gasteiger partial charge >= 0.3 is 0 Å². The van der Waals surface area contributed by atoms with E-state index in [2.05, 4.69) is 12.2 Å². The highest BCUT2D eigenvalue weighted by Gasteiger charge is 2.37. The molecule has 0 spiro atoms. The molecule has 2 aliphatic carbocycles. The molecule has 0 heterocycles. The predicted octanol–water partition coefficient (Wildman–Crippen LogP) is 6.93. The molecule has 0 saturated heterocycles. The maximum Gasteiger partial charge on any atom is 0.137 e. The van der Waals surface area contributed by atoms with Crippen molar-refractivity contribution in [3.63, 3.8) is 0 Å². The first kappa shape index (κ1) is 18.3. The zero-order valence-electron chi connectivity index (χ0n) is 15.2. The minimum Gasteiger partial charge on any atom is -0.207 e. The van der Waals surface area contributed by atoms with Crippen LogP contribution in [0.5, 0.6) is 0 Å². The van der Waals surface area contributed by atoms with Crippen molar-refractivity contribution in [1.29, 1.82) is 0 Å². The van der Waals surface area contributed by atoms with Crippen LogP contribution in [0, 0.1) is 35.1 Å². The third-order valence-electron chi connectivity index (χ3n) is 6.16. The van der Waals surface area contributed by atoms with Crippen LogP contribution in [-0.2, 0) is 6.42 Å². The Morgan fingerprint density at radius 1 is 0.926 bits per heavy atom. The summed E-state index contributed by atoms with van der Waals surface area (Å²) in [7, 11) is 0. The van der Waals surface area contributed by atoms with Crippen LogP contribution in [0.4, 0.5) is 17.6 Å². The molecular formula is C23H22F4. The Morgan fingerprint density at radius 3 is 2.37 bits per heavy atom. The van der Waals surface area contributed by atoms with Gasteiger partial charge in [0.15, 0.2) is 0 Å². The highest BCUT2D eigenvalue weighted by molar-refractivity contribution is 5.67. The van der Waals surface area contributed by atoms with Crippen molar-refractivity contribution in [3.05, 3.63) is 70.8 Å². The fourth-order valence-electron chi connectivity index (χ4n) is 5.03. The molecule has 0 nitrogen and oxygen atoms in total. The lowest BCUT2D eigenvalue weighted by Crippen LogP contribution is -2.28. The Labute approximate surface area is 156 Å². The van der Waals surface area contributed by atoms with Gasteiger partial charge < -0.3 is 0 Å². The van der Waals surface area contributed by atoms with Crippen LogP contribution in [0.3, 0.4) is 0 Å². The van der Waals surface area contributed by atoms with Gasteiger partial charge in [0.2, 0.25) is 0 Å². The van der Waals surface area contributed by atoms with Crippen molar-refractivity contribution in [2.75, 3.05) is 0 Å². The van der Waals surface area contributed by atoms with Gasteiger partial charge in [0.1, 0.15) is 23.3 Å². The number of hydrogen-bond donors (Lipinski definition) is 0. The van der Waals surface area contributed by atoms with E-state index in [1.807, 2.05) is 6.92 Å². The van der Waals surface area contributed by atoms with Crippen LogP contribution in [-0.4, -0.2) is 0 Å². The lowest BCUT2D eigenvalue weighted by Gasteiger charge is -2.40. The zero-order chi connectivity index (χ0) is 19.1. The molecule has 0 amide bonds. The Balaban J connectivity index is 1.75. The van der Waals surface area contributed by atoms with Crippen molar-refractivity contribution in [2.24, 2.45) is 11.8 Å². The van der Waals surface area contributed by atoms with Gasteiger partial charge in [0.25, 0.3) is 0 Å². The molecule has 0 bridgehead atoms. The second kappa shape index (κ2) is 7.14. The second-order valence-electron chi connectivity index (χ2n) is 7.78. The maximum atomic E-state index is 15.2. The summed E-state index contributed by atoms with van der Waals surface area (Å²) >= 11 is 0. The molecular weight excluding hydrogens is 352 g/mol. The molecule has 1 saturated carbocycles. The average Bonchev–Trinajstić information content (AvgIpc) is 2.61. The summed E-state index contributed by atoms with van der Waals surface area (Å²) < 4.78 is 57.2. The third kappa shape index (κ3) is 3.30. The average molecular weight is 374 g/mol. The van der Waals surface area contributed by atoms with E-state index in [-0.39, 0.29) is 17.0 Å². The van der Waals surface area contributed by atoms with E-state index in [9.17, 15) is 13.2 Å². The van der Waals surface area contributed by atoms with E-state index >= 15 is 4.39 Å². The number of hydrogen-bond acceptors (Lipinski definition) is 0. The molecule has 1 fully saturated rings. The van der Waals surface area contributed by atoms with Crippen LogP contribution < -0.4 is 0 Å². The topological polar surface area (TPSA) is 0 Å². The zero-order valence-corrected chi connectivity index (χ0v) is 15.2. The molecule has 2 aromatic rings. The molecule has 4 heteroatoms. The highest BCUT2D eigenvalue weighted by atomic mass is 19.1. The summed E-state index contributed by atoms with van der Waals surface area (Å²) in [5.41, 5.74) is 0.847. The van der Waals surface area contributed by atoms with Crippen LogP contribution in [0.25, 0.3) is 11.1 Å². The monoisotopic (exact) mass is 374 g/mol. The van der Waals surface area contributed by atoms with Crippen molar-refractivity contribution in [2.45, 2.75) is 44.9 Å². The smallest absolute Gasteiger partial charge is 0.137 e. The third-order valence-corrected chi connectivity index (χ3v) is 6.16. The normalized spacial score (nSPS) is 24.7. The van der Waals surface area contributed by atoms with Crippen LogP contribution in [0.15, 0.2) is 36.4 Å². The van der Waals surface area contributed by atoms with Gasteiger partial charge in [-0.25, -0.2) is 17.6 Å². The number of halogens is 4. The SMILES string of the molecule is C/C=C/[C@@H]1CC[C@@H]2c3cc(F)c(-c4cc(F)cc(F)c4)c(F)c3CC[C@@H]2C1. The molecule has 0 unspecified atom stereocenters. The first-order chi connectivity index (χ1) is 13.0. The van der Waals surface area contributed by atoms with Gasteiger partial charge in [-0.05, 0) is 91.7 Å². The Kier molecular flexibility index (Phi) is 4.83. The molecule has 0 aromatic heterocycles. The lowest BCUT2D eigenvalue weighted by molar-refractivity contribution is 0.234. The molecule has 2 aromatic carbocycles. The number of benzene rings is 2. The Morgan fingerprint density at radius 2 is 1.67 bits per heavy atom. The largest absolute Gasteiger partial charge is 0.207 e. The van der Waals surface area contributed by atoms with E-state index < -0.39 is 23.3 Å². The first-order valence-electron chi connectivity index (χ1n) is 9.58. The van der Waals surface area contributed by atoms with Crippen LogP contribution in [0.1, 0.15) is 49.7 Å². The molecule has 2 aliphatic rings. The molecule has 0 aliphatic heterocycles. The van der Waals surface area contributed by atoms with Gasteiger partial charge in [-0.3, -0.25) is 0 Å². The first-order valence-corrected chi connectivity index (χ1v) is 9.58. The summed E-state index contributed by atoms with van der Waals surface area (Å²) in [6, 6.07) is 4.06. The minimum atomic E-state index is -0.844. The molecule has 3 atom stereocenters. The van der Waals surface area contributed by atoms with Gasteiger partial charge in [-0.2, -0.15) is 0 Å². The maximum absolute atomic E-state index is 15.2. The summed E-state index contributed by atoms with van der Waals surface area (Å²) in [5, 5.41) is 0. The number of allylic oxidation sites excluding steroid dienone is 2. The Bertz CT molecular complexity index is 879. The fraction of sp³-hybridized carbons (Fsp3) is 0.391. The summed E-state index contributed by atoms with van der Waals surface area (Å²) in [6.45, 7) is 2.02. The molecule has 27 heavy (non-hydrogen) atoms. The quantitative estimate of drug-likeness (QED) is 0.395. The van der Waals surface area contributed by atoms with E-state index in [4.69, 9.17) is 0 Å². The second-order valence-corrected chi connectivity index (χ2v) is 7.78. The van der Waals surface area contributed by atoms with E-state index in [0.29, 0.717) is 29.9 Å². The highest BCUT2D eigenvalue weighted by Crippen LogP contribution is 2.49. The molecule has 0 N–H and O–H groups in total. The molecule has 142 valence electrons. The van der Waals surface area contributed by atoms with Crippen LogP contribution in [0.2, 0.25) is 0 Å². The lowest BCUT2D eigenvalue weighted by atomic mass is 9.65. The molecule has 0 radical (unpaired) electrons. The van der Waals surface area contributed by atoms with E-state index in [0.717, 1.165) is 43.4 Å². The van der Waals surface area contributed by atoms with E-state index in [1.165, 1.54) is 6.07 Å². The standard InChI is InChI=1S/C23H22F4/c1-2-3-13-4-6-18-14(8-13)5-7-19-20(18)12-21(26)22(23(19)27)15-9-16(24)11-17(25)10-15/h2-3,9-14,18H,4-8H2,1H3/b3-2+/t13-,14-,18+/m1/s1. The Hall–Kier alpha value is -2.10. The van der Waals surface area contributed by atoms with Gasteiger partial charge in [-0.15, -0.1) is 0 Å². The predicted molar refractivity (Wildman–Crippen MR) is 98.4 cm³/mol. The van der Waals surface area contributed by atoms with Crippen molar-refractivity contribution in [1.82, 2.24) is 0 Å². The van der Waals surface area contributed by atoms with Gasteiger partial charge in [0, 0.05) is 6.07 Å². The number of fused-ring (bicyclic) bond motifs is 3. The van der Waals surface area contributed by atoms with Gasteiger partial charge in [-0.1, -0.05) is 12.2 Å². The van der Waals surface area contributed by atoms with Crippen molar-refractivity contribution in [3.8, 4) is 11.1 Å².